The predicted molar refractivity (Wildman–Crippen MR) is 98.3 cm³/mol. The number of aromatic nitrogens is 1. The molecule has 1 aliphatic heterocycles. The van der Waals surface area contributed by atoms with Gasteiger partial charge in [-0.2, -0.15) is 0 Å². The van der Waals surface area contributed by atoms with Gasteiger partial charge in [0.05, 0.1) is 17.1 Å². The van der Waals surface area contributed by atoms with E-state index in [1.54, 1.807) is 4.90 Å². The summed E-state index contributed by atoms with van der Waals surface area (Å²) in [5, 5.41) is 2.86. The number of thiazole rings is 1. The molecule has 1 atom stereocenters. The molecule has 0 N–H and O–H groups in total. The van der Waals surface area contributed by atoms with Gasteiger partial charge < -0.3 is 9.80 Å². The van der Waals surface area contributed by atoms with Crippen LogP contribution in [0.5, 0.6) is 0 Å². The Hall–Kier alpha value is -2.21. The molecule has 25 heavy (non-hydrogen) atoms. The molecule has 0 radical (unpaired) electrons. The fourth-order valence-corrected chi connectivity index (χ4v) is 3.70. The van der Waals surface area contributed by atoms with Gasteiger partial charge >= 0.3 is 0 Å². The Labute approximate surface area is 152 Å². The normalized spacial score (nSPS) is 17.9. The third-order valence-corrected chi connectivity index (χ3v) is 5.38. The SMILES string of the molecule is Cc1ccc(CN2CCN(C(=O)Cc3csc(C)n3)C(C)C2=O)cc1. The summed E-state index contributed by atoms with van der Waals surface area (Å²) in [5.41, 5.74) is 3.11. The lowest BCUT2D eigenvalue weighted by Gasteiger charge is -2.39. The molecule has 0 saturated carbocycles. The predicted octanol–water partition coefficient (Wildman–Crippen LogP) is 2.56. The molecule has 1 unspecified atom stereocenters. The first-order chi connectivity index (χ1) is 11.9. The number of benzene rings is 1. The first-order valence-electron chi connectivity index (χ1n) is 8.49. The van der Waals surface area contributed by atoms with Crippen molar-refractivity contribution in [2.24, 2.45) is 0 Å². The minimum absolute atomic E-state index is 0.00892. The van der Waals surface area contributed by atoms with E-state index >= 15 is 0 Å². The second kappa shape index (κ2) is 7.35. The van der Waals surface area contributed by atoms with Crippen molar-refractivity contribution < 1.29 is 9.59 Å². The molecule has 1 saturated heterocycles. The second-order valence-corrected chi connectivity index (χ2v) is 7.61. The van der Waals surface area contributed by atoms with E-state index in [0.29, 0.717) is 19.6 Å². The van der Waals surface area contributed by atoms with E-state index < -0.39 is 6.04 Å². The van der Waals surface area contributed by atoms with Crippen molar-refractivity contribution in [1.82, 2.24) is 14.8 Å². The molecule has 1 fully saturated rings. The van der Waals surface area contributed by atoms with E-state index in [1.807, 2.05) is 31.1 Å². The number of carbonyl (C=O) groups excluding carboxylic acids is 2. The van der Waals surface area contributed by atoms with E-state index in [0.717, 1.165) is 16.3 Å². The van der Waals surface area contributed by atoms with Crippen LogP contribution in [-0.4, -0.2) is 45.7 Å². The molecule has 1 aromatic carbocycles. The summed E-state index contributed by atoms with van der Waals surface area (Å²) in [7, 11) is 0. The van der Waals surface area contributed by atoms with E-state index in [1.165, 1.54) is 16.9 Å². The molecule has 132 valence electrons. The molecule has 0 aliphatic carbocycles. The summed E-state index contributed by atoms with van der Waals surface area (Å²) in [4.78, 5) is 33.1. The van der Waals surface area contributed by atoms with Crippen molar-refractivity contribution in [3.05, 3.63) is 51.5 Å². The van der Waals surface area contributed by atoms with Gasteiger partial charge in [-0.1, -0.05) is 29.8 Å². The Morgan fingerprint density at radius 3 is 2.60 bits per heavy atom. The number of hydrogen-bond donors (Lipinski definition) is 0. The van der Waals surface area contributed by atoms with Crippen LogP contribution in [0.1, 0.15) is 28.8 Å². The van der Waals surface area contributed by atoms with Gasteiger partial charge in [0.25, 0.3) is 0 Å². The molecule has 2 heterocycles. The minimum Gasteiger partial charge on any atom is -0.335 e. The van der Waals surface area contributed by atoms with E-state index in [9.17, 15) is 9.59 Å². The zero-order chi connectivity index (χ0) is 18.0. The molecule has 1 aliphatic rings. The average Bonchev–Trinajstić information content (AvgIpc) is 2.99. The maximum absolute atomic E-state index is 12.7. The standard InChI is InChI=1S/C19H23N3O2S/c1-13-4-6-16(7-5-13)11-21-8-9-22(14(2)19(21)24)18(23)10-17-12-25-15(3)20-17/h4-7,12,14H,8-11H2,1-3H3. The Morgan fingerprint density at radius 1 is 1.24 bits per heavy atom. The first kappa shape index (κ1) is 17.6. The number of amides is 2. The van der Waals surface area contributed by atoms with Crippen molar-refractivity contribution in [2.45, 2.75) is 39.8 Å². The Morgan fingerprint density at radius 2 is 1.96 bits per heavy atom. The number of hydrogen-bond acceptors (Lipinski definition) is 4. The van der Waals surface area contributed by atoms with Crippen molar-refractivity contribution in [3.63, 3.8) is 0 Å². The van der Waals surface area contributed by atoms with Crippen LogP contribution in [-0.2, 0) is 22.6 Å². The summed E-state index contributed by atoms with van der Waals surface area (Å²) in [6.45, 7) is 7.52. The van der Waals surface area contributed by atoms with Crippen LogP contribution in [0.15, 0.2) is 29.6 Å². The topological polar surface area (TPSA) is 53.5 Å². The second-order valence-electron chi connectivity index (χ2n) is 6.54. The summed E-state index contributed by atoms with van der Waals surface area (Å²) < 4.78 is 0. The van der Waals surface area contributed by atoms with E-state index in [4.69, 9.17) is 0 Å². The summed E-state index contributed by atoms with van der Waals surface area (Å²) in [5.74, 6) is -0.0178. The van der Waals surface area contributed by atoms with Gasteiger partial charge in [0.15, 0.2) is 0 Å². The first-order valence-corrected chi connectivity index (χ1v) is 9.37. The highest BCUT2D eigenvalue weighted by Gasteiger charge is 2.34. The van der Waals surface area contributed by atoms with Gasteiger partial charge in [-0.25, -0.2) is 4.98 Å². The number of aryl methyl sites for hydroxylation is 2. The van der Waals surface area contributed by atoms with Gasteiger partial charge in [0.1, 0.15) is 6.04 Å². The van der Waals surface area contributed by atoms with Gasteiger partial charge in [-0.3, -0.25) is 9.59 Å². The summed E-state index contributed by atoms with van der Waals surface area (Å²) in [6.07, 6.45) is 0.264. The zero-order valence-corrected chi connectivity index (χ0v) is 15.7. The van der Waals surface area contributed by atoms with Crippen molar-refractivity contribution in [3.8, 4) is 0 Å². The van der Waals surface area contributed by atoms with Crippen LogP contribution < -0.4 is 0 Å². The molecule has 3 rings (SSSR count). The highest BCUT2D eigenvalue weighted by atomic mass is 32.1. The number of piperazine rings is 1. The van der Waals surface area contributed by atoms with Crippen molar-refractivity contribution in [2.75, 3.05) is 13.1 Å². The van der Waals surface area contributed by atoms with Gasteiger partial charge in [-0.05, 0) is 26.3 Å². The molecule has 2 aromatic rings. The Bertz CT molecular complexity index is 769. The maximum atomic E-state index is 12.7. The lowest BCUT2D eigenvalue weighted by atomic mass is 10.1. The van der Waals surface area contributed by atoms with Crippen LogP contribution in [0.4, 0.5) is 0 Å². The largest absolute Gasteiger partial charge is 0.335 e. The maximum Gasteiger partial charge on any atom is 0.245 e. The number of carbonyl (C=O) groups is 2. The fourth-order valence-electron chi connectivity index (χ4n) is 3.09. The molecular formula is C19H23N3O2S. The highest BCUT2D eigenvalue weighted by molar-refractivity contribution is 7.09. The third-order valence-electron chi connectivity index (χ3n) is 4.56. The third kappa shape index (κ3) is 4.07. The summed E-state index contributed by atoms with van der Waals surface area (Å²) in [6, 6.07) is 7.79. The lowest BCUT2D eigenvalue weighted by Crippen LogP contribution is -2.57. The Kier molecular flexibility index (Phi) is 5.18. The average molecular weight is 357 g/mol. The number of rotatable bonds is 4. The van der Waals surface area contributed by atoms with Crippen LogP contribution in [0.2, 0.25) is 0 Å². The molecule has 0 spiro atoms. The molecule has 2 amide bonds. The lowest BCUT2D eigenvalue weighted by molar-refractivity contribution is -0.150. The zero-order valence-electron chi connectivity index (χ0n) is 14.9. The van der Waals surface area contributed by atoms with Crippen molar-refractivity contribution in [1.29, 1.82) is 0 Å². The molecular weight excluding hydrogens is 334 g/mol. The van der Waals surface area contributed by atoms with Gasteiger partial charge in [0, 0.05) is 25.0 Å². The van der Waals surface area contributed by atoms with E-state index in [-0.39, 0.29) is 18.2 Å². The molecule has 0 bridgehead atoms. The number of nitrogens with zero attached hydrogens (tertiary/aromatic N) is 3. The van der Waals surface area contributed by atoms with Crippen LogP contribution in [0, 0.1) is 13.8 Å². The van der Waals surface area contributed by atoms with Crippen LogP contribution in [0.3, 0.4) is 0 Å². The van der Waals surface area contributed by atoms with Gasteiger partial charge in [-0.15, -0.1) is 11.3 Å². The smallest absolute Gasteiger partial charge is 0.245 e. The molecule has 5 nitrogen and oxygen atoms in total. The van der Waals surface area contributed by atoms with E-state index in [2.05, 4.69) is 29.2 Å². The Balaban J connectivity index is 1.62. The molecule has 1 aromatic heterocycles. The van der Waals surface area contributed by atoms with Crippen LogP contribution >= 0.6 is 11.3 Å². The van der Waals surface area contributed by atoms with Gasteiger partial charge in [0.2, 0.25) is 11.8 Å². The minimum atomic E-state index is -0.425. The van der Waals surface area contributed by atoms with Crippen molar-refractivity contribution >= 4 is 23.2 Å². The monoisotopic (exact) mass is 357 g/mol. The molecule has 6 heteroatoms. The van der Waals surface area contributed by atoms with Crippen LogP contribution in [0.25, 0.3) is 0 Å². The quantitative estimate of drug-likeness (QED) is 0.845. The fraction of sp³-hybridized carbons (Fsp3) is 0.421. The highest BCUT2D eigenvalue weighted by Crippen LogP contribution is 2.17. The summed E-state index contributed by atoms with van der Waals surface area (Å²) >= 11 is 1.54.